The van der Waals surface area contributed by atoms with Gasteiger partial charge in [-0.2, -0.15) is 0 Å². The molecule has 31 heavy (non-hydrogen) atoms. The molecule has 0 bridgehead atoms. The molecule has 2 N–H and O–H groups in total. The average molecular weight is 415 g/mol. The Morgan fingerprint density at radius 2 is 1.68 bits per heavy atom. The number of hydrogen-bond acceptors (Lipinski definition) is 2. The lowest BCUT2D eigenvalue weighted by atomic mass is 10.0. The Kier molecular flexibility index (Phi) is 7.22. The molecule has 5 nitrogen and oxygen atoms in total. The highest BCUT2D eigenvalue weighted by molar-refractivity contribution is 6.01. The van der Waals surface area contributed by atoms with Crippen LogP contribution in [0.5, 0.6) is 0 Å². The van der Waals surface area contributed by atoms with E-state index in [9.17, 15) is 9.59 Å². The minimum Gasteiger partial charge on any atom is -0.478 e. The van der Waals surface area contributed by atoms with Crippen LogP contribution in [0.15, 0.2) is 78.9 Å². The maximum atomic E-state index is 12.7. The number of carboxylic acid groups (broad SMARTS) is 1. The summed E-state index contributed by atoms with van der Waals surface area (Å²) in [5.41, 5.74) is 5.55. The molecule has 0 aromatic heterocycles. The summed E-state index contributed by atoms with van der Waals surface area (Å²) < 4.78 is 0. The molecule has 0 spiro atoms. The standard InChI is InChI=1S/C26H26N2O3/c1-3-5-19-10-15-23(16-11-19)27-26(31)28(2)24-7-4-6-22(18-24)21-13-8-20(9-14-21)12-17-25(29)30/h4,6-18H,3,5H2,1-2H3,(H,27,31)(H,29,30)/b17-12+. The van der Waals surface area contributed by atoms with E-state index in [0.717, 1.165) is 47.0 Å². The Labute approximate surface area is 182 Å². The van der Waals surface area contributed by atoms with Gasteiger partial charge in [0, 0.05) is 24.5 Å². The van der Waals surface area contributed by atoms with Gasteiger partial charge in [0.1, 0.15) is 0 Å². The lowest BCUT2D eigenvalue weighted by molar-refractivity contribution is -0.131. The fourth-order valence-corrected chi connectivity index (χ4v) is 3.22. The minimum atomic E-state index is -0.977. The number of carboxylic acids is 1. The lowest BCUT2D eigenvalue weighted by Crippen LogP contribution is -2.31. The number of anilines is 2. The zero-order chi connectivity index (χ0) is 22.2. The Bertz CT molecular complexity index is 1070. The maximum absolute atomic E-state index is 12.7. The number of hydrogen-bond donors (Lipinski definition) is 2. The molecule has 0 fully saturated rings. The van der Waals surface area contributed by atoms with E-state index in [0.29, 0.717) is 0 Å². The largest absolute Gasteiger partial charge is 0.478 e. The third-order valence-corrected chi connectivity index (χ3v) is 4.94. The molecular weight excluding hydrogens is 388 g/mol. The van der Waals surface area contributed by atoms with Crippen molar-refractivity contribution in [1.29, 1.82) is 0 Å². The quantitative estimate of drug-likeness (QED) is 0.461. The van der Waals surface area contributed by atoms with Gasteiger partial charge in [-0.15, -0.1) is 0 Å². The van der Waals surface area contributed by atoms with Gasteiger partial charge in [0.2, 0.25) is 0 Å². The Hall–Kier alpha value is -3.86. The van der Waals surface area contributed by atoms with E-state index < -0.39 is 5.97 Å². The van der Waals surface area contributed by atoms with Gasteiger partial charge < -0.3 is 10.4 Å². The van der Waals surface area contributed by atoms with Gasteiger partial charge in [0.15, 0.2) is 0 Å². The molecule has 0 atom stereocenters. The van der Waals surface area contributed by atoms with Gasteiger partial charge in [0.25, 0.3) is 0 Å². The number of amides is 2. The van der Waals surface area contributed by atoms with Crippen molar-refractivity contribution in [3.05, 3.63) is 90.0 Å². The van der Waals surface area contributed by atoms with Crippen molar-refractivity contribution in [3.63, 3.8) is 0 Å². The molecule has 0 radical (unpaired) electrons. The number of carbonyl (C=O) groups excluding carboxylic acids is 1. The van der Waals surface area contributed by atoms with Crippen LogP contribution in [0.3, 0.4) is 0 Å². The van der Waals surface area contributed by atoms with Crippen molar-refractivity contribution >= 4 is 29.5 Å². The van der Waals surface area contributed by atoms with Gasteiger partial charge in [-0.1, -0.05) is 61.9 Å². The SMILES string of the molecule is CCCc1ccc(NC(=O)N(C)c2cccc(-c3ccc(/C=C/C(=O)O)cc3)c2)cc1. The number of benzene rings is 3. The second-order valence-electron chi connectivity index (χ2n) is 7.28. The van der Waals surface area contributed by atoms with Crippen molar-refractivity contribution in [2.75, 3.05) is 17.3 Å². The molecule has 0 unspecified atom stereocenters. The van der Waals surface area contributed by atoms with Crippen molar-refractivity contribution in [2.24, 2.45) is 0 Å². The number of carbonyl (C=O) groups is 2. The van der Waals surface area contributed by atoms with E-state index in [1.54, 1.807) is 18.0 Å². The van der Waals surface area contributed by atoms with Gasteiger partial charge >= 0.3 is 12.0 Å². The molecule has 5 heteroatoms. The number of nitrogens with zero attached hydrogens (tertiary/aromatic N) is 1. The van der Waals surface area contributed by atoms with E-state index in [4.69, 9.17) is 5.11 Å². The monoisotopic (exact) mass is 414 g/mol. The molecular formula is C26H26N2O3. The summed E-state index contributed by atoms with van der Waals surface area (Å²) in [7, 11) is 1.74. The van der Waals surface area contributed by atoms with Crippen molar-refractivity contribution in [2.45, 2.75) is 19.8 Å². The van der Waals surface area contributed by atoms with Gasteiger partial charge in [-0.25, -0.2) is 9.59 Å². The summed E-state index contributed by atoms with van der Waals surface area (Å²) in [4.78, 5) is 24.9. The number of aryl methyl sites for hydroxylation is 1. The molecule has 0 heterocycles. The summed E-state index contributed by atoms with van der Waals surface area (Å²) in [6.45, 7) is 2.14. The molecule has 3 aromatic carbocycles. The van der Waals surface area contributed by atoms with Crippen LogP contribution in [0.25, 0.3) is 17.2 Å². The molecule has 0 aliphatic heterocycles. The molecule has 3 aromatic rings. The molecule has 0 aliphatic carbocycles. The van der Waals surface area contributed by atoms with Crippen LogP contribution in [0.1, 0.15) is 24.5 Å². The van der Waals surface area contributed by atoms with E-state index in [1.165, 1.54) is 5.56 Å². The number of rotatable bonds is 7. The van der Waals surface area contributed by atoms with Gasteiger partial charge in [-0.3, -0.25) is 4.90 Å². The molecule has 158 valence electrons. The number of nitrogens with one attached hydrogen (secondary N) is 1. The Morgan fingerprint density at radius 1 is 0.968 bits per heavy atom. The zero-order valence-electron chi connectivity index (χ0n) is 17.7. The van der Waals surface area contributed by atoms with Crippen molar-refractivity contribution in [1.82, 2.24) is 0 Å². The first-order chi connectivity index (χ1) is 15.0. The Balaban J connectivity index is 1.71. The van der Waals surface area contributed by atoms with Crippen LogP contribution in [0, 0.1) is 0 Å². The maximum Gasteiger partial charge on any atom is 0.328 e. The number of aliphatic carboxylic acids is 1. The molecule has 3 rings (SSSR count). The first-order valence-electron chi connectivity index (χ1n) is 10.2. The zero-order valence-corrected chi connectivity index (χ0v) is 17.7. The predicted molar refractivity (Wildman–Crippen MR) is 126 cm³/mol. The van der Waals surface area contributed by atoms with Crippen LogP contribution in [-0.2, 0) is 11.2 Å². The van der Waals surface area contributed by atoms with Gasteiger partial charge in [0.05, 0.1) is 0 Å². The lowest BCUT2D eigenvalue weighted by Gasteiger charge is -2.19. The second kappa shape index (κ2) is 10.3. The first kappa shape index (κ1) is 21.8. The summed E-state index contributed by atoms with van der Waals surface area (Å²) in [6, 6.07) is 23.0. The molecule has 0 aliphatic rings. The first-order valence-corrected chi connectivity index (χ1v) is 10.2. The van der Waals surface area contributed by atoms with Crippen LogP contribution < -0.4 is 10.2 Å². The normalized spacial score (nSPS) is 10.8. The van der Waals surface area contributed by atoms with Crippen LogP contribution >= 0.6 is 0 Å². The summed E-state index contributed by atoms with van der Waals surface area (Å²) >= 11 is 0. The van der Waals surface area contributed by atoms with E-state index in [2.05, 4.69) is 12.2 Å². The van der Waals surface area contributed by atoms with Crippen LogP contribution in [0.2, 0.25) is 0 Å². The second-order valence-corrected chi connectivity index (χ2v) is 7.28. The fourth-order valence-electron chi connectivity index (χ4n) is 3.22. The van der Waals surface area contributed by atoms with Crippen molar-refractivity contribution in [3.8, 4) is 11.1 Å². The Morgan fingerprint density at radius 3 is 2.32 bits per heavy atom. The van der Waals surface area contributed by atoms with Crippen LogP contribution in [-0.4, -0.2) is 24.2 Å². The topological polar surface area (TPSA) is 69.6 Å². The number of urea groups is 1. The third-order valence-electron chi connectivity index (χ3n) is 4.94. The highest BCUT2D eigenvalue weighted by Crippen LogP contribution is 2.25. The van der Waals surface area contributed by atoms with Crippen LogP contribution in [0.4, 0.5) is 16.2 Å². The fraction of sp³-hybridized carbons (Fsp3) is 0.154. The third kappa shape index (κ3) is 6.06. The highest BCUT2D eigenvalue weighted by Gasteiger charge is 2.12. The van der Waals surface area contributed by atoms with E-state index >= 15 is 0 Å². The molecule has 0 saturated heterocycles. The smallest absolute Gasteiger partial charge is 0.328 e. The molecule has 2 amide bonds. The average Bonchev–Trinajstić information content (AvgIpc) is 2.79. The van der Waals surface area contributed by atoms with E-state index in [-0.39, 0.29) is 6.03 Å². The predicted octanol–water partition coefficient (Wildman–Crippen LogP) is 6.07. The van der Waals surface area contributed by atoms with Gasteiger partial charge in [-0.05, 0) is 59.0 Å². The summed E-state index contributed by atoms with van der Waals surface area (Å²) in [6.07, 6.45) is 4.78. The summed E-state index contributed by atoms with van der Waals surface area (Å²) in [5.74, 6) is -0.977. The minimum absolute atomic E-state index is 0.213. The molecule has 0 saturated carbocycles. The summed E-state index contributed by atoms with van der Waals surface area (Å²) in [5, 5.41) is 11.7. The van der Waals surface area contributed by atoms with E-state index in [1.807, 2.05) is 72.8 Å². The highest BCUT2D eigenvalue weighted by atomic mass is 16.4. The van der Waals surface area contributed by atoms with Crippen molar-refractivity contribution < 1.29 is 14.7 Å².